The summed E-state index contributed by atoms with van der Waals surface area (Å²) in [6, 6.07) is 3.13. The summed E-state index contributed by atoms with van der Waals surface area (Å²) in [5.41, 5.74) is 0.237. The van der Waals surface area contributed by atoms with E-state index in [4.69, 9.17) is 21.3 Å². The number of ether oxygens (including phenoxy) is 1. The lowest BCUT2D eigenvalue weighted by Gasteiger charge is -2.38. The predicted molar refractivity (Wildman–Crippen MR) is 155 cm³/mol. The van der Waals surface area contributed by atoms with E-state index in [1.54, 1.807) is 42.8 Å². The molecule has 3 aliphatic rings. The first-order chi connectivity index (χ1) is 20.0. The molecule has 0 unspecified atom stereocenters. The third-order valence-corrected chi connectivity index (χ3v) is 8.84. The highest BCUT2D eigenvalue weighted by atomic mass is 35.5. The fourth-order valence-electron chi connectivity index (χ4n) is 5.69. The molecule has 42 heavy (non-hydrogen) atoms. The molecule has 14 heteroatoms. The first-order valence-electron chi connectivity index (χ1n) is 13.6. The Morgan fingerprint density at radius 3 is 2.76 bits per heavy atom. The number of hydrogen-bond acceptors (Lipinski definition) is 9. The zero-order valence-corrected chi connectivity index (χ0v) is 25.0. The van der Waals surface area contributed by atoms with Gasteiger partial charge in [0, 0.05) is 61.1 Å². The van der Waals surface area contributed by atoms with Crippen LogP contribution in [-0.4, -0.2) is 99.5 Å². The molecule has 1 aromatic carbocycles. The number of amides is 2. The summed E-state index contributed by atoms with van der Waals surface area (Å²) >= 11 is 7.77. The Kier molecular flexibility index (Phi) is 8.53. The van der Waals surface area contributed by atoms with Crippen LogP contribution in [0.2, 0.25) is 5.02 Å². The first kappa shape index (κ1) is 29.9. The number of benzene rings is 1. The fraction of sp³-hybridized carbons (Fsp3) is 0.464. The van der Waals surface area contributed by atoms with E-state index in [9.17, 15) is 23.9 Å². The van der Waals surface area contributed by atoms with Crippen molar-refractivity contribution < 1.29 is 28.6 Å². The van der Waals surface area contributed by atoms with Crippen molar-refractivity contribution >= 4 is 46.7 Å². The minimum absolute atomic E-state index is 0.130. The van der Waals surface area contributed by atoms with E-state index in [0.29, 0.717) is 54.8 Å². The molecule has 2 N–H and O–H groups in total. The number of carbonyl (C=O) groups is 3. The lowest BCUT2D eigenvalue weighted by Crippen LogP contribution is -2.53. The average Bonchev–Trinajstić information content (AvgIpc) is 3.58. The Hall–Kier alpha value is -3.55. The predicted octanol–water partition coefficient (Wildman–Crippen LogP) is 3.52. The highest BCUT2D eigenvalue weighted by Crippen LogP contribution is 2.38. The monoisotopic (exact) mass is 618 g/mol. The maximum Gasteiger partial charge on any atom is 0.338 e. The number of nitrogens with zero attached hydrogens (tertiary/aromatic N) is 5. The fourth-order valence-corrected chi connectivity index (χ4v) is 6.50. The molecule has 224 valence electrons. The molecule has 0 radical (unpaired) electrons. The standard InChI is InChI=1S/C28H32ClFN6O5S/c1-4-41-26(39)21-19(15-34-9-10-35-16(13-34)14-36(27(35)40)28(2,3)12-20(37)38)32-24(25-31-8-11-42-25)33-23(21)17-6-5-7-18(30)22(17)29/h5-8,11,16,23H,4,9-10,12-15H2,1-3H3,(H,32,33)(H,37,38)/t16-,23-/m0/s1. The second kappa shape index (κ2) is 12.0. The van der Waals surface area contributed by atoms with Crippen LogP contribution in [-0.2, 0) is 14.3 Å². The molecule has 2 aromatic rings. The summed E-state index contributed by atoms with van der Waals surface area (Å²) in [5.74, 6) is -1.76. The number of hydrogen-bond donors (Lipinski definition) is 2. The maximum atomic E-state index is 14.6. The van der Waals surface area contributed by atoms with Gasteiger partial charge in [-0.15, -0.1) is 11.3 Å². The van der Waals surface area contributed by atoms with Crippen molar-refractivity contribution in [3.63, 3.8) is 0 Å². The summed E-state index contributed by atoms with van der Waals surface area (Å²) in [4.78, 5) is 52.7. The minimum Gasteiger partial charge on any atom is -0.481 e. The smallest absolute Gasteiger partial charge is 0.338 e. The third-order valence-electron chi connectivity index (χ3n) is 7.67. The second-order valence-corrected chi connectivity index (χ2v) is 12.2. The van der Waals surface area contributed by atoms with Crippen LogP contribution in [0.15, 0.2) is 46.0 Å². The highest BCUT2D eigenvalue weighted by molar-refractivity contribution is 7.11. The van der Waals surface area contributed by atoms with Crippen molar-refractivity contribution in [1.29, 1.82) is 0 Å². The summed E-state index contributed by atoms with van der Waals surface area (Å²) in [5, 5.41) is 14.9. The number of aliphatic imine (C=N–C) groups is 1. The second-order valence-electron chi connectivity index (χ2n) is 11.0. The number of esters is 1. The number of carboxylic acids is 1. The molecule has 3 aliphatic heterocycles. The largest absolute Gasteiger partial charge is 0.481 e. The van der Waals surface area contributed by atoms with Crippen molar-refractivity contribution in [2.45, 2.75) is 44.8 Å². The Balaban J connectivity index is 1.47. The van der Waals surface area contributed by atoms with E-state index in [-0.39, 0.29) is 35.7 Å². The van der Waals surface area contributed by atoms with E-state index < -0.39 is 29.3 Å². The summed E-state index contributed by atoms with van der Waals surface area (Å²) < 4.78 is 20.0. The van der Waals surface area contributed by atoms with Gasteiger partial charge in [-0.2, -0.15) is 0 Å². The van der Waals surface area contributed by atoms with Crippen LogP contribution in [0.4, 0.5) is 9.18 Å². The highest BCUT2D eigenvalue weighted by Gasteiger charge is 2.47. The molecule has 5 rings (SSSR count). The summed E-state index contributed by atoms with van der Waals surface area (Å²) in [6.07, 6.45) is 1.48. The van der Waals surface area contributed by atoms with Crippen molar-refractivity contribution in [3.8, 4) is 0 Å². The molecule has 2 amide bonds. The zero-order chi connectivity index (χ0) is 30.2. The van der Waals surface area contributed by atoms with Crippen LogP contribution in [0.1, 0.15) is 43.8 Å². The molecule has 2 fully saturated rings. The molecule has 0 saturated carbocycles. The van der Waals surface area contributed by atoms with Gasteiger partial charge in [0.25, 0.3) is 0 Å². The maximum absolute atomic E-state index is 14.6. The Bertz CT molecular complexity index is 1450. The molecule has 4 heterocycles. The van der Waals surface area contributed by atoms with Crippen molar-refractivity contribution in [3.05, 3.63) is 62.5 Å². The molecule has 0 spiro atoms. The van der Waals surface area contributed by atoms with Crippen LogP contribution in [0.5, 0.6) is 0 Å². The molecule has 11 nitrogen and oxygen atoms in total. The molecular weight excluding hydrogens is 587 g/mol. The van der Waals surface area contributed by atoms with Gasteiger partial charge in [-0.05, 0) is 26.8 Å². The van der Waals surface area contributed by atoms with Crippen LogP contribution < -0.4 is 5.32 Å². The van der Waals surface area contributed by atoms with E-state index in [0.717, 1.165) is 0 Å². The van der Waals surface area contributed by atoms with Gasteiger partial charge >= 0.3 is 18.0 Å². The normalized spacial score (nSPS) is 21.3. The van der Waals surface area contributed by atoms with Crippen LogP contribution in [0.25, 0.3) is 0 Å². The number of urea groups is 1. The molecular formula is C28H32ClFN6O5S. The number of piperazine rings is 1. The van der Waals surface area contributed by atoms with Gasteiger partial charge in [-0.1, -0.05) is 23.7 Å². The average molecular weight is 619 g/mol. The lowest BCUT2D eigenvalue weighted by atomic mass is 9.95. The quantitative estimate of drug-likeness (QED) is 0.409. The number of aliphatic carboxylic acids is 1. The van der Waals surface area contributed by atoms with Gasteiger partial charge < -0.3 is 25.0 Å². The van der Waals surface area contributed by atoms with Crippen LogP contribution in [0.3, 0.4) is 0 Å². The summed E-state index contributed by atoms with van der Waals surface area (Å²) in [7, 11) is 0. The number of halogens is 2. The number of fused-ring (bicyclic) bond motifs is 1. The molecule has 2 saturated heterocycles. The number of rotatable bonds is 9. The molecule has 1 aromatic heterocycles. The SMILES string of the molecule is CCOC(=O)C1=C(CN2CCN3C(=O)N(C(C)(C)CC(=O)O)C[C@@H]3C2)NC(c2nccs2)=N[C@H]1c1cccc(F)c1Cl. The first-order valence-corrected chi connectivity index (χ1v) is 14.9. The van der Waals surface area contributed by atoms with Crippen molar-refractivity contribution in [2.75, 3.05) is 39.3 Å². The van der Waals surface area contributed by atoms with E-state index in [2.05, 4.69) is 15.2 Å². The minimum atomic E-state index is -0.966. The number of amidine groups is 1. The van der Waals surface area contributed by atoms with Crippen LogP contribution >= 0.6 is 22.9 Å². The van der Waals surface area contributed by atoms with Crippen molar-refractivity contribution in [1.82, 2.24) is 25.0 Å². The van der Waals surface area contributed by atoms with Gasteiger partial charge in [0.05, 0.1) is 29.7 Å². The Morgan fingerprint density at radius 2 is 2.07 bits per heavy atom. The van der Waals surface area contributed by atoms with Gasteiger partial charge in [-0.25, -0.2) is 19.0 Å². The van der Waals surface area contributed by atoms with Crippen LogP contribution in [0, 0.1) is 5.82 Å². The van der Waals surface area contributed by atoms with Gasteiger partial charge in [0.2, 0.25) is 0 Å². The lowest BCUT2D eigenvalue weighted by molar-refractivity contribution is -0.140. The summed E-state index contributed by atoms with van der Waals surface area (Å²) in [6.45, 7) is 7.50. The molecule has 0 aliphatic carbocycles. The van der Waals surface area contributed by atoms with E-state index >= 15 is 0 Å². The number of thiazole rings is 1. The molecule has 0 bridgehead atoms. The van der Waals surface area contributed by atoms with Gasteiger partial charge in [0.15, 0.2) is 10.8 Å². The number of carboxylic acid groups (broad SMARTS) is 1. The van der Waals surface area contributed by atoms with Crippen molar-refractivity contribution in [2.24, 2.45) is 4.99 Å². The van der Waals surface area contributed by atoms with E-state index in [1.165, 1.54) is 23.5 Å². The number of carbonyl (C=O) groups excluding carboxylic acids is 2. The van der Waals surface area contributed by atoms with Gasteiger partial charge in [0.1, 0.15) is 11.9 Å². The number of nitrogens with one attached hydrogen (secondary N) is 1. The third kappa shape index (κ3) is 5.86. The Morgan fingerprint density at radius 1 is 1.29 bits per heavy atom. The van der Waals surface area contributed by atoms with Gasteiger partial charge in [-0.3, -0.25) is 14.7 Å². The topological polar surface area (TPSA) is 128 Å². The number of aromatic nitrogens is 1. The Labute approximate surface area is 251 Å². The zero-order valence-electron chi connectivity index (χ0n) is 23.5. The molecule has 2 atom stereocenters. The van der Waals surface area contributed by atoms with E-state index in [1.807, 2.05) is 5.38 Å².